The van der Waals surface area contributed by atoms with Crippen LogP contribution < -0.4 is 20.3 Å². The van der Waals surface area contributed by atoms with Crippen LogP contribution in [0.15, 0.2) is 23.0 Å². The van der Waals surface area contributed by atoms with E-state index >= 15 is 0 Å². The Morgan fingerprint density at radius 1 is 1.36 bits per heavy atom. The summed E-state index contributed by atoms with van der Waals surface area (Å²) in [6.45, 7) is 1.85. The number of hydrogen-bond acceptors (Lipinski definition) is 6. The van der Waals surface area contributed by atoms with Crippen molar-refractivity contribution in [3.05, 3.63) is 44.6 Å². The molecule has 0 aliphatic heterocycles. The Hall–Kier alpha value is -2.68. The molecule has 2 rings (SSSR count). The number of nitrogens with one attached hydrogen (secondary N) is 3. The summed E-state index contributed by atoms with van der Waals surface area (Å²) in [5.74, 6) is 1.12. The minimum Gasteiger partial charge on any atom is -0.497 e. The summed E-state index contributed by atoms with van der Waals surface area (Å²) in [4.78, 5) is 26.3. The summed E-state index contributed by atoms with van der Waals surface area (Å²) in [6.07, 6.45) is 0.326. The third-order valence-corrected chi connectivity index (χ3v) is 3.84. The molecule has 1 aromatic carbocycles. The number of rotatable bonds is 7. The van der Waals surface area contributed by atoms with Gasteiger partial charge in [-0.2, -0.15) is 5.10 Å². The van der Waals surface area contributed by atoms with E-state index in [1.165, 1.54) is 0 Å². The van der Waals surface area contributed by atoms with Crippen molar-refractivity contribution in [2.45, 2.75) is 25.8 Å². The molecule has 2 aromatic rings. The van der Waals surface area contributed by atoms with E-state index in [0.717, 1.165) is 5.56 Å². The summed E-state index contributed by atoms with van der Waals surface area (Å²) in [7, 11) is 3.14. The van der Waals surface area contributed by atoms with Crippen molar-refractivity contribution in [2.24, 2.45) is 0 Å². The lowest BCUT2D eigenvalue weighted by molar-refractivity contribution is -0.121. The highest BCUT2D eigenvalue weighted by Crippen LogP contribution is 2.29. The minimum absolute atomic E-state index is 0.122. The smallest absolute Gasteiger partial charge is 0.273 e. The Bertz CT molecular complexity index is 862. The van der Waals surface area contributed by atoms with Crippen LogP contribution in [0.4, 0.5) is 0 Å². The number of benzene rings is 1. The van der Waals surface area contributed by atoms with Gasteiger partial charge in [0.2, 0.25) is 5.91 Å². The number of aromatic amines is 2. The van der Waals surface area contributed by atoms with Gasteiger partial charge in [-0.3, -0.25) is 19.7 Å². The van der Waals surface area contributed by atoms with Crippen LogP contribution in [0.5, 0.6) is 11.5 Å². The first-order chi connectivity index (χ1) is 11.9. The highest BCUT2D eigenvalue weighted by Gasteiger charge is 2.16. The number of nitrogens with zero attached hydrogens (tertiary/aromatic N) is 1. The molecule has 1 heterocycles. The Balaban J connectivity index is 2.02. The van der Waals surface area contributed by atoms with Gasteiger partial charge in [0.25, 0.3) is 5.56 Å². The molecule has 0 aliphatic carbocycles. The topological polar surface area (TPSA) is 109 Å². The fraction of sp³-hybridized carbons (Fsp3) is 0.375. The lowest BCUT2D eigenvalue weighted by Crippen LogP contribution is -2.28. The molecule has 0 saturated carbocycles. The van der Waals surface area contributed by atoms with Gasteiger partial charge in [0.15, 0.2) is 4.77 Å². The first-order valence-electron chi connectivity index (χ1n) is 7.63. The van der Waals surface area contributed by atoms with Gasteiger partial charge in [0.1, 0.15) is 17.2 Å². The molecule has 0 fully saturated rings. The molecule has 0 radical (unpaired) electrons. The molecular weight excluding hydrogens is 344 g/mol. The minimum atomic E-state index is -0.390. The van der Waals surface area contributed by atoms with E-state index < -0.39 is 0 Å². The van der Waals surface area contributed by atoms with E-state index in [-0.39, 0.29) is 40.8 Å². The van der Waals surface area contributed by atoms with E-state index in [9.17, 15) is 9.59 Å². The number of aryl methyl sites for hydroxylation is 1. The van der Waals surface area contributed by atoms with Crippen LogP contribution in [0.3, 0.4) is 0 Å². The van der Waals surface area contributed by atoms with Crippen molar-refractivity contribution in [2.75, 3.05) is 14.2 Å². The average Bonchev–Trinajstić information content (AvgIpc) is 2.60. The Labute approximate surface area is 149 Å². The van der Waals surface area contributed by atoms with Gasteiger partial charge in [0, 0.05) is 18.4 Å². The highest BCUT2D eigenvalue weighted by molar-refractivity contribution is 7.71. The quantitative estimate of drug-likeness (QED) is 0.645. The Morgan fingerprint density at radius 3 is 2.76 bits per heavy atom. The third-order valence-electron chi connectivity index (χ3n) is 3.65. The lowest BCUT2D eigenvalue weighted by Gasteiger charge is -2.18. The number of amides is 1. The van der Waals surface area contributed by atoms with Crippen LogP contribution in [0.25, 0.3) is 0 Å². The van der Waals surface area contributed by atoms with Gasteiger partial charge >= 0.3 is 0 Å². The summed E-state index contributed by atoms with van der Waals surface area (Å²) in [6, 6.07) is 5.10. The maximum absolute atomic E-state index is 12.2. The largest absolute Gasteiger partial charge is 0.497 e. The SMILES string of the molecule is COc1ccc(OC)c(C(C)NC(=O)CCc2n[nH]c(=S)[nH]c2=O)c1. The van der Waals surface area contributed by atoms with Crippen molar-refractivity contribution < 1.29 is 14.3 Å². The first-order valence-corrected chi connectivity index (χ1v) is 8.04. The third kappa shape index (κ3) is 4.90. The first kappa shape index (κ1) is 18.7. The molecule has 25 heavy (non-hydrogen) atoms. The van der Waals surface area contributed by atoms with Crippen molar-refractivity contribution in [3.63, 3.8) is 0 Å². The molecule has 8 nitrogen and oxygen atoms in total. The number of carbonyl (C=O) groups is 1. The molecular formula is C16H20N4O4S. The lowest BCUT2D eigenvalue weighted by atomic mass is 10.1. The van der Waals surface area contributed by atoms with Gasteiger partial charge in [-0.25, -0.2) is 0 Å². The summed E-state index contributed by atoms with van der Waals surface area (Å²) in [5, 5.41) is 9.23. The van der Waals surface area contributed by atoms with Crippen molar-refractivity contribution in [3.8, 4) is 11.5 Å². The molecule has 9 heteroatoms. The molecule has 0 saturated heterocycles. The van der Waals surface area contributed by atoms with Crippen LogP contribution in [0.2, 0.25) is 0 Å². The molecule has 0 spiro atoms. The standard InChI is InChI=1S/C16H20N4O4S/c1-9(11-8-10(23-2)4-6-13(11)24-3)17-14(21)7-5-12-15(22)18-16(25)20-19-12/h4,6,8-9H,5,7H2,1-3H3,(H,17,21)(H2,18,20,22,25). The second-order valence-corrected chi connectivity index (χ2v) is 5.76. The van der Waals surface area contributed by atoms with Crippen molar-refractivity contribution >= 4 is 18.1 Å². The number of carbonyl (C=O) groups excluding carboxylic acids is 1. The number of aromatic nitrogens is 3. The zero-order chi connectivity index (χ0) is 18.4. The summed E-state index contributed by atoms with van der Waals surface area (Å²) in [5.41, 5.74) is 0.643. The monoisotopic (exact) mass is 364 g/mol. The maximum Gasteiger partial charge on any atom is 0.273 e. The normalized spacial score (nSPS) is 11.6. The predicted octanol–water partition coefficient (Wildman–Crippen LogP) is 1.65. The molecule has 1 amide bonds. The number of hydrogen-bond donors (Lipinski definition) is 3. The van der Waals surface area contributed by atoms with Gasteiger partial charge in [0.05, 0.1) is 20.3 Å². The summed E-state index contributed by atoms with van der Waals surface area (Å²) >= 11 is 4.78. The number of methoxy groups -OCH3 is 2. The van der Waals surface area contributed by atoms with Gasteiger partial charge in [-0.15, -0.1) is 0 Å². The van der Waals surface area contributed by atoms with Crippen LogP contribution in [0, 0.1) is 4.77 Å². The van der Waals surface area contributed by atoms with Crippen LogP contribution in [-0.2, 0) is 11.2 Å². The summed E-state index contributed by atoms with van der Waals surface area (Å²) < 4.78 is 10.7. The maximum atomic E-state index is 12.2. The number of H-pyrrole nitrogens is 2. The van der Waals surface area contributed by atoms with Gasteiger partial charge in [-0.05, 0) is 37.3 Å². The van der Waals surface area contributed by atoms with Crippen LogP contribution in [-0.4, -0.2) is 35.3 Å². The second kappa shape index (κ2) is 8.43. The Kier molecular flexibility index (Phi) is 6.29. The Morgan fingerprint density at radius 2 is 2.12 bits per heavy atom. The molecule has 3 N–H and O–H groups in total. The molecule has 1 unspecified atom stereocenters. The van der Waals surface area contributed by atoms with E-state index in [2.05, 4.69) is 20.5 Å². The zero-order valence-corrected chi connectivity index (χ0v) is 15.0. The molecule has 0 aliphatic rings. The molecule has 0 bridgehead atoms. The molecule has 1 atom stereocenters. The molecule has 134 valence electrons. The van der Waals surface area contributed by atoms with E-state index in [4.69, 9.17) is 21.7 Å². The zero-order valence-electron chi connectivity index (χ0n) is 14.2. The van der Waals surface area contributed by atoms with E-state index in [0.29, 0.717) is 11.5 Å². The van der Waals surface area contributed by atoms with Crippen molar-refractivity contribution in [1.82, 2.24) is 20.5 Å². The average molecular weight is 364 g/mol. The second-order valence-electron chi connectivity index (χ2n) is 5.35. The number of ether oxygens (including phenoxy) is 2. The van der Waals surface area contributed by atoms with Crippen LogP contribution in [0.1, 0.15) is 30.6 Å². The highest BCUT2D eigenvalue weighted by atomic mass is 32.1. The van der Waals surface area contributed by atoms with E-state index in [1.807, 2.05) is 13.0 Å². The van der Waals surface area contributed by atoms with E-state index in [1.54, 1.807) is 26.4 Å². The fourth-order valence-electron chi connectivity index (χ4n) is 2.34. The predicted molar refractivity (Wildman–Crippen MR) is 94.5 cm³/mol. The van der Waals surface area contributed by atoms with Gasteiger partial charge < -0.3 is 14.8 Å². The van der Waals surface area contributed by atoms with Crippen LogP contribution >= 0.6 is 12.2 Å². The van der Waals surface area contributed by atoms with Gasteiger partial charge in [-0.1, -0.05) is 0 Å². The van der Waals surface area contributed by atoms with Crippen molar-refractivity contribution in [1.29, 1.82) is 0 Å². The molecule has 1 aromatic heterocycles. The fourth-order valence-corrected chi connectivity index (χ4v) is 2.48.